The van der Waals surface area contributed by atoms with E-state index in [1.165, 1.54) is 11.8 Å². The Kier molecular flexibility index (Phi) is 6.32. The monoisotopic (exact) mass is 434 g/mol. The molecule has 0 saturated heterocycles. The maximum absolute atomic E-state index is 12.7. The van der Waals surface area contributed by atoms with E-state index in [4.69, 9.17) is 4.42 Å². The van der Waals surface area contributed by atoms with Gasteiger partial charge in [0.05, 0.1) is 23.9 Å². The van der Waals surface area contributed by atoms with Crippen LogP contribution in [0.25, 0.3) is 17.3 Å². The normalized spacial score (nSPS) is 10.9. The second-order valence-corrected chi connectivity index (χ2v) is 7.79. The minimum atomic E-state index is -0.00911. The first-order valence-corrected chi connectivity index (χ1v) is 10.7. The van der Waals surface area contributed by atoms with E-state index in [1.54, 1.807) is 41.2 Å². The van der Waals surface area contributed by atoms with Gasteiger partial charge in [0, 0.05) is 31.9 Å². The Labute approximate surface area is 184 Å². The second-order valence-electron chi connectivity index (χ2n) is 6.85. The lowest BCUT2D eigenvalue weighted by atomic mass is 10.3. The number of furan rings is 1. The Balaban J connectivity index is 1.38. The molecule has 0 aliphatic rings. The van der Waals surface area contributed by atoms with Gasteiger partial charge in [0.2, 0.25) is 11.7 Å². The molecule has 0 unspecified atom stereocenters. The molecule has 158 valence electrons. The summed E-state index contributed by atoms with van der Waals surface area (Å²) in [6, 6.07) is 13.5. The number of carbonyl (C=O) groups is 1. The first kappa shape index (κ1) is 20.7. The molecule has 4 rings (SSSR count). The Morgan fingerprint density at radius 2 is 2.06 bits per heavy atom. The van der Waals surface area contributed by atoms with Crippen LogP contribution in [0.1, 0.15) is 5.56 Å². The average Bonchev–Trinajstić information content (AvgIpc) is 3.54. The SMILES string of the molecule is C=CCn1c(SCC(=O)N(C)Cc2cnn(-c3ccccc3)c2)nnc1-c1ccco1. The average molecular weight is 435 g/mol. The van der Waals surface area contributed by atoms with E-state index >= 15 is 0 Å². The number of benzene rings is 1. The smallest absolute Gasteiger partial charge is 0.233 e. The first-order chi connectivity index (χ1) is 15.2. The summed E-state index contributed by atoms with van der Waals surface area (Å²) in [5.74, 6) is 1.48. The van der Waals surface area contributed by atoms with Gasteiger partial charge in [0.1, 0.15) is 0 Å². The molecule has 31 heavy (non-hydrogen) atoms. The molecule has 0 N–H and O–H groups in total. The van der Waals surface area contributed by atoms with Crippen LogP contribution in [-0.4, -0.2) is 48.2 Å². The van der Waals surface area contributed by atoms with Crippen molar-refractivity contribution in [2.75, 3.05) is 12.8 Å². The zero-order chi connectivity index (χ0) is 21.6. The molecule has 0 spiro atoms. The summed E-state index contributed by atoms with van der Waals surface area (Å²) >= 11 is 1.34. The predicted molar refractivity (Wildman–Crippen MR) is 119 cm³/mol. The summed E-state index contributed by atoms with van der Waals surface area (Å²) < 4.78 is 9.12. The number of hydrogen-bond donors (Lipinski definition) is 0. The molecule has 3 heterocycles. The van der Waals surface area contributed by atoms with Crippen molar-refractivity contribution in [3.63, 3.8) is 0 Å². The molecule has 0 fully saturated rings. The molecule has 0 bridgehead atoms. The topological polar surface area (TPSA) is 82.0 Å². The number of para-hydroxylation sites is 1. The van der Waals surface area contributed by atoms with E-state index in [9.17, 15) is 4.79 Å². The number of rotatable bonds is 9. The van der Waals surface area contributed by atoms with Crippen LogP contribution in [0.15, 0.2) is 83.3 Å². The molecule has 0 radical (unpaired) electrons. The summed E-state index contributed by atoms with van der Waals surface area (Å²) in [6.07, 6.45) is 7.06. The van der Waals surface area contributed by atoms with Crippen molar-refractivity contribution >= 4 is 17.7 Å². The molecule has 1 aromatic carbocycles. The third kappa shape index (κ3) is 4.77. The molecule has 9 heteroatoms. The maximum atomic E-state index is 12.7. The number of aromatic nitrogens is 5. The molecule has 0 aliphatic carbocycles. The predicted octanol–water partition coefficient (Wildman–Crippen LogP) is 3.66. The van der Waals surface area contributed by atoms with E-state index in [2.05, 4.69) is 21.9 Å². The fourth-order valence-electron chi connectivity index (χ4n) is 3.04. The molecule has 8 nitrogen and oxygen atoms in total. The Hall–Kier alpha value is -3.59. The van der Waals surface area contributed by atoms with Crippen LogP contribution < -0.4 is 0 Å². The van der Waals surface area contributed by atoms with Crippen LogP contribution in [0, 0.1) is 0 Å². The number of carbonyl (C=O) groups excluding carboxylic acids is 1. The number of nitrogens with zero attached hydrogens (tertiary/aromatic N) is 6. The van der Waals surface area contributed by atoms with Gasteiger partial charge in [-0.3, -0.25) is 9.36 Å². The fourth-order valence-corrected chi connectivity index (χ4v) is 3.93. The fraction of sp³-hybridized carbons (Fsp3) is 0.182. The number of allylic oxidation sites excluding steroid dienone is 1. The first-order valence-electron chi connectivity index (χ1n) is 9.69. The van der Waals surface area contributed by atoms with E-state index in [-0.39, 0.29) is 11.7 Å². The highest BCUT2D eigenvalue weighted by Gasteiger charge is 2.18. The summed E-state index contributed by atoms with van der Waals surface area (Å²) in [5, 5.41) is 13.5. The Bertz CT molecular complexity index is 1150. The lowest BCUT2D eigenvalue weighted by molar-refractivity contribution is -0.127. The molecule has 1 amide bonds. The molecule has 3 aromatic heterocycles. The van der Waals surface area contributed by atoms with Gasteiger partial charge in [-0.1, -0.05) is 36.0 Å². The van der Waals surface area contributed by atoms with Gasteiger partial charge < -0.3 is 9.32 Å². The van der Waals surface area contributed by atoms with Crippen molar-refractivity contribution in [3.05, 3.63) is 79.3 Å². The van der Waals surface area contributed by atoms with Gasteiger partial charge in [-0.25, -0.2) is 4.68 Å². The third-order valence-electron chi connectivity index (χ3n) is 4.60. The molecular weight excluding hydrogens is 412 g/mol. The lowest BCUT2D eigenvalue weighted by Gasteiger charge is -2.16. The van der Waals surface area contributed by atoms with Crippen molar-refractivity contribution < 1.29 is 9.21 Å². The largest absolute Gasteiger partial charge is 0.461 e. The summed E-state index contributed by atoms with van der Waals surface area (Å²) in [6.45, 7) is 4.79. The van der Waals surface area contributed by atoms with Gasteiger partial charge in [0.15, 0.2) is 10.9 Å². The van der Waals surface area contributed by atoms with Crippen molar-refractivity contribution in [3.8, 4) is 17.3 Å². The van der Waals surface area contributed by atoms with Crippen molar-refractivity contribution in [2.24, 2.45) is 0 Å². The molecule has 0 atom stereocenters. The zero-order valence-electron chi connectivity index (χ0n) is 17.1. The summed E-state index contributed by atoms with van der Waals surface area (Å²) in [7, 11) is 1.78. The van der Waals surface area contributed by atoms with Crippen LogP contribution >= 0.6 is 11.8 Å². The van der Waals surface area contributed by atoms with Crippen molar-refractivity contribution in [1.82, 2.24) is 29.4 Å². The quantitative estimate of drug-likeness (QED) is 0.295. The maximum Gasteiger partial charge on any atom is 0.233 e. The second kappa shape index (κ2) is 9.48. The van der Waals surface area contributed by atoms with Crippen LogP contribution in [0.4, 0.5) is 0 Å². The number of thioether (sulfide) groups is 1. The standard InChI is InChI=1S/C22H22N6O2S/c1-3-11-27-21(19-10-7-12-30-19)24-25-22(27)31-16-20(29)26(2)14-17-13-23-28(15-17)18-8-5-4-6-9-18/h3-10,12-13,15H,1,11,14,16H2,2H3. The van der Waals surface area contributed by atoms with Crippen molar-refractivity contribution in [1.29, 1.82) is 0 Å². The van der Waals surface area contributed by atoms with E-state index in [0.29, 0.717) is 29.8 Å². The van der Waals surface area contributed by atoms with Crippen LogP contribution in [0.2, 0.25) is 0 Å². The van der Waals surface area contributed by atoms with Crippen LogP contribution in [0.5, 0.6) is 0 Å². The van der Waals surface area contributed by atoms with E-state index in [0.717, 1.165) is 11.3 Å². The molecule has 0 saturated carbocycles. The molecular formula is C22H22N6O2S. The van der Waals surface area contributed by atoms with E-state index in [1.807, 2.05) is 47.2 Å². The summed E-state index contributed by atoms with van der Waals surface area (Å²) in [5.41, 5.74) is 1.94. The Morgan fingerprint density at radius 3 is 2.81 bits per heavy atom. The summed E-state index contributed by atoms with van der Waals surface area (Å²) in [4.78, 5) is 14.4. The molecule has 0 aliphatic heterocycles. The molecule has 4 aromatic rings. The van der Waals surface area contributed by atoms with Crippen LogP contribution in [-0.2, 0) is 17.9 Å². The number of amides is 1. The van der Waals surface area contributed by atoms with Crippen molar-refractivity contribution in [2.45, 2.75) is 18.2 Å². The van der Waals surface area contributed by atoms with Gasteiger partial charge in [-0.2, -0.15) is 5.10 Å². The van der Waals surface area contributed by atoms with Gasteiger partial charge in [-0.15, -0.1) is 16.8 Å². The highest BCUT2D eigenvalue weighted by atomic mass is 32.2. The lowest BCUT2D eigenvalue weighted by Crippen LogP contribution is -2.27. The van der Waals surface area contributed by atoms with Gasteiger partial charge >= 0.3 is 0 Å². The van der Waals surface area contributed by atoms with Gasteiger partial charge in [0.25, 0.3) is 0 Å². The third-order valence-corrected chi connectivity index (χ3v) is 5.55. The highest BCUT2D eigenvalue weighted by molar-refractivity contribution is 7.99. The van der Waals surface area contributed by atoms with Crippen LogP contribution in [0.3, 0.4) is 0 Å². The minimum Gasteiger partial charge on any atom is -0.461 e. The van der Waals surface area contributed by atoms with Gasteiger partial charge in [-0.05, 0) is 24.3 Å². The number of hydrogen-bond acceptors (Lipinski definition) is 6. The van der Waals surface area contributed by atoms with E-state index < -0.39 is 0 Å². The Morgan fingerprint density at radius 1 is 1.23 bits per heavy atom. The minimum absolute atomic E-state index is 0.00911. The highest BCUT2D eigenvalue weighted by Crippen LogP contribution is 2.24. The zero-order valence-corrected chi connectivity index (χ0v) is 17.9.